The Bertz CT molecular complexity index is 681. The molecule has 0 saturated heterocycles. The molecule has 0 aromatic heterocycles. The number of carbonyl (C=O) groups excluding carboxylic acids is 2. The fourth-order valence-electron chi connectivity index (χ4n) is 2.21. The second-order valence-electron chi connectivity index (χ2n) is 8.23. The van der Waals surface area contributed by atoms with Gasteiger partial charge in [0.2, 0.25) is 0 Å². The predicted molar refractivity (Wildman–Crippen MR) is 98.9 cm³/mol. The summed E-state index contributed by atoms with van der Waals surface area (Å²) in [7, 11) is 0. The van der Waals surface area contributed by atoms with Crippen molar-refractivity contribution in [3.05, 3.63) is 70.8 Å². The summed E-state index contributed by atoms with van der Waals surface area (Å²) in [6, 6.07) is 13.6. The molecule has 0 heterocycles. The summed E-state index contributed by atoms with van der Waals surface area (Å²) in [6.07, 6.45) is 0. The van der Waals surface area contributed by atoms with Crippen LogP contribution in [-0.4, -0.2) is 11.9 Å². The van der Waals surface area contributed by atoms with Crippen molar-refractivity contribution < 1.29 is 39.3 Å². The van der Waals surface area contributed by atoms with Crippen LogP contribution in [0.2, 0.25) is 0 Å². The number of benzene rings is 2. The summed E-state index contributed by atoms with van der Waals surface area (Å²) in [5.41, 5.74) is 2.82. The third kappa shape index (κ3) is 8.05. The number of aromatic carboxylic acids is 2. The minimum atomic E-state index is -1.12. The Balaban J connectivity index is 0.000000483. The molecule has 2 aromatic carbocycles. The standard InChI is InChI=1S/2C11H14O2.Zn/c2*1-11(2,3)9-6-4-8(5-7-9)10(12)13;/h2*4-7H,1-3H3,(H,12,13);/q;;+2/p-2. The minimum Gasteiger partial charge on any atom is -0.545 e. The van der Waals surface area contributed by atoms with E-state index in [9.17, 15) is 19.8 Å². The molecule has 27 heavy (non-hydrogen) atoms. The summed E-state index contributed by atoms with van der Waals surface area (Å²) in [5.74, 6) is -2.25. The Labute approximate surface area is 174 Å². The van der Waals surface area contributed by atoms with Crippen LogP contribution >= 0.6 is 0 Å². The van der Waals surface area contributed by atoms with Crippen LogP contribution in [0.4, 0.5) is 0 Å². The molecule has 0 unspecified atom stereocenters. The van der Waals surface area contributed by atoms with Crippen molar-refractivity contribution in [1.29, 1.82) is 0 Å². The van der Waals surface area contributed by atoms with E-state index in [-0.39, 0.29) is 41.4 Å². The van der Waals surface area contributed by atoms with Gasteiger partial charge in [-0.3, -0.25) is 0 Å². The van der Waals surface area contributed by atoms with Gasteiger partial charge in [0.15, 0.2) is 0 Å². The van der Waals surface area contributed by atoms with E-state index in [4.69, 9.17) is 0 Å². The van der Waals surface area contributed by atoms with Crippen LogP contribution in [0.25, 0.3) is 0 Å². The van der Waals surface area contributed by atoms with Crippen molar-refractivity contribution in [2.75, 3.05) is 0 Å². The monoisotopic (exact) mass is 418 g/mol. The third-order valence-corrected chi connectivity index (χ3v) is 3.97. The smallest absolute Gasteiger partial charge is 0.545 e. The Hall–Kier alpha value is -2.00. The van der Waals surface area contributed by atoms with Crippen LogP contribution in [0.5, 0.6) is 0 Å². The number of carboxylic acids is 2. The van der Waals surface area contributed by atoms with Crippen LogP contribution in [0.1, 0.15) is 73.4 Å². The normalized spacial score (nSPS) is 10.9. The molecule has 0 bridgehead atoms. The van der Waals surface area contributed by atoms with E-state index in [0.29, 0.717) is 0 Å². The minimum absolute atomic E-state index is 0. The van der Waals surface area contributed by atoms with Gasteiger partial charge in [-0.1, -0.05) is 90.1 Å². The van der Waals surface area contributed by atoms with E-state index in [0.717, 1.165) is 11.1 Å². The second-order valence-corrected chi connectivity index (χ2v) is 8.23. The molecule has 0 fully saturated rings. The SMILES string of the molecule is CC(C)(C)c1ccc(C(=O)[O-])cc1.CC(C)(C)c1ccc(C(=O)[O-])cc1.[Zn+2]. The topological polar surface area (TPSA) is 80.3 Å². The van der Waals surface area contributed by atoms with Gasteiger partial charge in [0.1, 0.15) is 0 Å². The molecule has 0 radical (unpaired) electrons. The predicted octanol–water partition coefficient (Wildman–Crippen LogP) is 2.69. The molecular formula is C22H26O4Zn. The first-order valence-corrected chi connectivity index (χ1v) is 8.46. The van der Waals surface area contributed by atoms with Crippen LogP contribution < -0.4 is 10.2 Å². The molecule has 0 atom stereocenters. The van der Waals surface area contributed by atoms with Crippen LogP contribution in [0.3, 0.4) is 0 Å². The van der Waals surface area contributed by atoms with Gasteiger partial charge in [0.05, 0.1) is 11.9 Å². The van der Waals surface area contributed by atoms with E-state index >= 15 is 0 Å². The fraction of sp³-hybridized carbons (Fsp3) is 0.364. The van der Waals surface area contributed by atoms with E-state index in [1.807, 2.05) is 24.3 Å². The molecule has 5 heteroatoms. The number of rotatable bonds is 2. The van der Waals surface area contributed by atoms with Crippen molar-refractivity contribution in [1.82, 2.24) is 0 Å². The van der Waals surface area contributed by atoms with Crippen molar-refractivity contribution in [3.8, 4) is 0 Å². The van der Waals surface area contributed by atoms with E-state index < -0.39 is 11.9 Å². The average molecular weight is 420 g/mol. The maximum absolute atomic E-state index is 10.5. The first kappa shape index (κ1) is 25.0. The number of hydrogen-bond acceptors (Lipinski definition) is 4. The van der Waals surface area contributed by atoms with Crippen molar-refractivity contribution in [2.24, 2.45) is 0 Å². The van der Waals surface area contributed by atoms with Gasteiger partial charge in [-0.15, -0.1) is 0 Å². The molecule has 2 rings (SSSR count). The summed E-state index contributed by atoms with van der Waals surface area (Å²) in [6.45, 7) is 12.5. The van der Waals surface area contributed by atoms with Gasteiger partial charge in [-0.05, 0) is 33.1 Å². The first-order chi connectivity index (χ1) is 11.8. The van der Waals surface area contributed by atoms with Crippen molar-refractivity contribution in [3.63, 3.8) is 0 Å². The molecule has 2 aromatic rings. The Morgan fingerprint density at radius 3 is 0.963 bits per heavy atom. The average Bonchev–Trinajstić information content (AvgIpc) is 2.54. The first-order valence-electron chi connectivity index (χ1n) is 8.46. The molecule has 0 saturated carbocycles. The van der Waals surface area contributed by atoms with Crippen molar-refractivity contribution in [2.45, 2.75) is 52.4 Å². The molecule has 0 aliphatic heterocycles. The molecule has 140 valence electrons. The Morgan fingerprint density at radius 1 is 0.593 bits per heavy atom. The number of carboxylic acid groups (broad SMARTS) is 2. The molecule has 0 aliphatic carbocycles. The van der Waals surface area contributed by atoms with Crippen molar-refractivity contribution >= 4 is 11.9 Å². The summed E-state index contributed by atoms with van der Waals surface area (Å²) in [5, 5.41) is 20.9. The fourth-order valence-corrected chi connectivity index (χ4v) is 2.21. The maximum atomic E-state index is 10.5. The maximum Gasteiger partial charge on any atom is 2.00 e. The third-order valence-electron chi connectivity index (χ3n) is 3.97. The van der Waals surface area contributed by atoms with Crippen LogP contribution in [0, 0.1) is 0 Å². The zero-order valence-corrected chi connectivity index (χ0v) is 19.9. The molecule has 0 spiro atoms. The van der Waals surface area contributed by atoms with Gasteiger partial charge in [0.25, 0.3) is 0 Å². The van der Waals surface area contributed by atoms with E-state index in [2.05, 4.69) is 41.5 Å². The molecular weight excluding hydrogens is 394 g/mol. The second kappa shape index (κ2) is 9.80. The van der Waals surface area contributed by atoms with Gasteiger partial charge in [-0.2, -0.15) is 0 Å². The summed E-state index contributed by atoms with van der Waals surface area (Å²) in [4.78, 5) is 20.9. The summed E-state index contributed by atoms with van der Waals surface area (Å²) >= 11 is 0. The largest absolute Gasteiger partial charge is 2.00 e. The van der Waals surface area contributed by atoms with Crippen LogP contribution in [0.15, 0.2) is 48.5 Å². The molecule has 0 aliphatic rings. The zero-order chi connectivity index (χ0) is 20.1. The zero-order valence-electron chi connectivity index (χ0n) is 17.0. The summed E-state index contributed by atoms with van der Waals surface area (Å²) < 4.78 is 0. The van der Waals surface area contributed by atoms with Gasteiger partial charge >= 0.3 is 19.5 Å². The van der Waals surface area contributed by atoms with Gasteiger partial charge < -0.3 is 19.8 Å². The quantitative estimate of drug-likeness (QED) is 0.701. The van der Waals surface area contributed by atoms with Gasteiger partial charge in [-0.25, -0.2) is 0 Å². The Morgan fingerprint density at radius 2 is 0.815 bits per heavy atom. The Kier molecular flexibility index (Phi) is 9.07. The molecule has 0 amide bonds. The van der Waals surface area contributed by atoms with E-state index in [1.54, 1.807) is 24.3 Å². The van der Waals surface area contributed by atoms with Gasteiger partial charge in [0, 0.05) is 0 Å². The molecule has 0 N–H and O–H groups in total. The van der Waals surface area contributed by atoms with Crippen LogP contribution in [-0.2, 0) is 30.3 Å². The number of hydrogen-bond donors (Lipinski definition) is 0. The number of carbonyl (C=O) groups is 2. The van der Waals surface area contributed by atoms with E-state index in [1.165, 1.54) is 0 Å². The molecule has 4 nitrogen and oxygen atoms in total.